The Labute approximate surface area is 128 Å². The van der Waals surface area contributed by atoms with Crippen LogP contribution in [-0.4, -0.2) is 30.2 Å². The van der Waals surface area contributed by atoms with E-state index in [4.69, 9.17) is 0 Å². The predicted molar refractivity (Wildman–Crippen MR) is 84.3 cm³/mol. The van der Waals surface area contributed by atoms with Crippen molar-refractivity contribution in [2.75, 3.05) is 18.0 Å². The van der Waals surface area contributed by atoms with Crippen LogP contribution < -0.4 is 10.2 Å². The van der Waals surface area contributed by atoms with Crippen LogP contribution in [0.15, 0.2) is 42.5 Å². The Morgan fingerprint density at radius 1 is 1.18 bits per heavy atom. The number of urea groups is 1. The summed E-state index contributed by atoms with van der Waals surface area (Å²) in [5.41, 5.74) is 3.00. The second kappa shape index (κ2) is 5.52. The second-order valence-corrected chi connectivity index (χ2v) is 5.19. The number of carbonyl (C=O) groups excluding carboxylic acids is 1. The molecule has 0 atom stereocenters. The summed E-state index contributed by atoms with van der Waals surface area (Å²) in [6.07, 6.45) is 0. The molecule has 112 valence electrons. The number of amides is 2. The molecule has 1 fully saturated rings. The lowest BCUT2D eigenvalue weighted by Crippen LogP contribution is -2.28. The summed E-state index contributed by atoms with van der Waals surface area (Å²) in [5.74, 6) is -0.988. The molecule has 0 aromatic heterocycles. The summed E-state index contributed by atoms with van der Waals surface area (Å²) in [6.45, 7) is 2.86. The molecular weight excluding hydrogens is 280 g/mol. The molecule has 0 spiro atoms. The van der Waals surface area contributed by atoms with Crippen LogP contribution in [0.25, 0.3) is 11.1 Å². The molecule has 22 heavy (non-hydrogen) atoms. The Morgan fingerprint density at radius 3 is 2.50 bits per heavy atom. The van der Waals surface area contributed by atoms with Gasteiger partial charge in [0.2, 0.25) is 0 Å². The first-order chi connectivity index (χ1) is 10.6. The van der Waals surface area contributed by atoms with Crippen LogP contribution in [0.2, 0.25) is 0 Å². The molecule has 2 aromatic rings. The van der Waals surface area contributed by atoms with Gasteiger partial charge in [0.25, 0.3) is 0 Å². The number of carboxylic acids is 1. The van der Waals surface area contributed by atoms with Crippen molar-refractivity contribution in [3.05, 3.63) is 53.6 Å². The second-order valence-electron chi connectivity index (χ2n) is 5.19. The molecular formula is C17H16N2O3. The average Bonchev–Trinajstić information content (AvgIpc) is 2.93. The van der Waals surface area contributed by atoms with Gasteiger partial charge in [0.15, 0.2) is 0 Å². The molecule has 2 aromatic carbocycles. The molecule has 5 nitrogen and oxygen atoms in total. The van der Waals surface area contributed by atoms with Crippen LogP contribution in [0.5, 0.6) is 0 Å². The molecule has 1 saturated heterocycles. The zero-order valence-corrected chi connectivity index (χ0v) is 12.2. The fourth-order valence-corrected chi connectivity index (χ4v) is 2.83. The Kier molecular flexibility index (Phi) is 3.55. The third kappa shape index (κ3) is 2.30. The summed E-state index contributed by atoms with van der Waals surface area (Å²) in [4.78, 5) is 25.2. The van der Waals surface area contributed by atoms with E-state index in [2.05, 4.69) is 5.32 Å². The van der Waals surface area contributed by atoms with Gasteiger partial charge in [-0.05, 0) is 29.7 Å². The van der Waals surface area contributed by atoms with Gasteiger partial charge < -0.3 is 10.4 Å². The van der Waals surface area contributed by atoms with E-state index in [1.54, 1.807) is 17.9 Å². The monoisotopic (exact) mass is 296 g/mol. The predicted octanol–water partition coefficient (Wildman–Crippen LogP) is 2.89. The van der Waals surface area contributed by atoms with Crippen molar-refractivity contribution in [1.82, 2.24) is 5.32 Å². The van der Waals surface area contributed by atoms with Gasteiger partial charge in [0.1, 0.15) is 0 Å². The molecule has 2 amide bonds. The third-order valence-corrected chi connectivity index (χ3v) is 3.88. The number of carbonyl (C=O) groups is 2. The molecule has 0 saturated carbocycles. The van der Waals surface area contributed by atoms with Gasteiger partial charge in [0.05, 0.1) is 5.56 Å². The number of hydrogen-bond donors (Lipinski definition) is 2. The number of carboxylic acid groups (broad SMARTS) is 1. The van der Waals surface area contributed by atoms with Crippen molar-refractivity contribution >= 4 is 17.7 Å². The van der Waals surface area contributed by atoms with Crippen molar-refractivity contribution in [1.29, 1.82) is 0 Å². The SMILES string of the molecule is Cc1c(N2CCNC2=O)ccc(-c2ccccc2)c1C(=O)O. The smallest absolute Gasteiger partial charge is 0.336 e. The van der Waals surface area contributed by atoms with Gasteiger partial charge >= 0.3 is 12.0 Å². The number of aromatic carboxylic acids is 1. The maximum atomic E-state index is 11.8. The van der Waals surface area contributed by atoms with Crippen LogP contribution in [0.1, 0.15) is 15.9 Å². The van der Waals surface area contributed by atoms with Crippen LogP contribution >= 0.6 is 0 Å². The highest BCUT2D eigenvalue weighted by molar-refractivity contribution is 6.02. The molecule has 1 aliphatic rings. The molecule has 2 N–H and O–H groups in total. The molecule has 0 radical (unpaired) electrons. The van der Waals surface area contributed by atoms with Crippen LogP contribution in [0.4, 0.5) is 10.5 Å². The fraction of sp³-hybridized carbons (Fsp3) is 0.176. The normalized spacial score (nSPS) is 14.0. The highest BCUT2D eigenvalue weighted by Crippen LogP contribution is 2.33. The fourth-order valence-electron chi connectivity index (χ4n) is 2.83. The molecule has 1 aliphatic heterocycles. The van der Waals surface area contributed by atoms with Crippen molar-refractivity contribution in [3.8, 4) is 11.1 Å². The number of rotatable bonds is 3. The number of nitrogens with one attached hydrogen (secondary N) is 1. The van der Waals surface area contributed by atoms with Gasteiger partial charge in [-0.25, -0.2) is 9.59 Å². The first-order valence-corrected chi connectivity index (χ1v) is 7.07. The Balaban J connectivity index is 2.16. The van der Waals surface area contributed by atoms with Gasteiger partial charge in [-0.1, -0.05) is 36.4 Å². The summed E-state index contributed by atoms with van der Waals surface area (Å²) in [6, 6.07) is 12.8. The molecule has 3 rings (SSSR count). The summed E-state index contributed by atoms with van der Waals surface area (Å²) >= 11 is 0. The first kappa shape index (κ1) is 14.1. The summed E-state index contributed by atoms with van der Waals surface area (Å²) in [5, 5.41) is 12.4. The molecule has 1 heterocycles. The minimum atomic E-state index is -0.988. The van der Waals surface area contributed by atoms with E-state index in [1.807, 2.05) is 36.4 Å². The number of hydrogen-bond acceptors (Lipinski definition) is 2. The molecule has 0 bridgehead atoms. The van der Waals surface area contributed by atoms with Gasteiger partial charge in [-0.15, -0.1) is 0 Å². The zero-order valence-electron chi connectivity index (χ0n) is 12.2. The van der Waals surface area contributed by atoms with Crippen LogP contribution in [-0.2, 0) is 0 Å². The van der Waals surface area contributed by atoms with Gasteiger partial charge in [0, 0.05) is 18.8 Å². The van der Waals surface area contributed by atoms with Crippen molar-refractivity contribution in [3.63, 3.8) is 0 Å². The summed E-state index contributed by atoms with van der Waals surface area (Å²) < 4.78 is 0. The van der Waals surface area contributed by atoms with E-state index in [9.17, 15) is 14.7 Å². The topological polar surface area (TPSA) is 69.6 Å². The highest BCUT2D eigenvalue weighted by atomic mass is 16.4. The Morgan fingerprint density at radius 2 is 1.91 bits per heavy atom. The van der Waals surface area contributed by atoms with Gasteiger partial charge in [-0.3, -0.25) is 4.90 Å². The minimum Gasteiger partial charge on any atom is -0.478 e. The van der Waals surface area contributed by atoms with Crippen LogP contribution in [0.3, 0.4) is 0 Å². The lowest BCUT2D eigenvalue weighted by molar-refractivity contribution is 0.0697. The lowest BCUT2D eigenvalue weighted by Gasteiger charge is -2.20. The number of benzene rings is 2. The van der Waals surface area contributed by atoms with E-state index in [0.717, 1.165) is 5.56 Å². The summed E-state index contributed by atoms with van der Waals surface area (Å²) in [7, 11) is 0. The number of nitrogens with zero attached hydrogens (tertiary/aromatic N) is 1. The van der Waals surface area contributed by atoms with Crippen molar-refractivity contribution < 1.29 is 14.7 Å². The van der Waals surface area contributed by atoms with E-state index in [0.29, 0.717) is 29.9 Å². The van der Waals surface area contributed by atoms with E-state index in [-0.39, 0.29) is 11.6 Å². The lowest BCUT2D eigenvalue weighted by atomic mass is 9.94. The van der Waals surface area contributed by atoms with E-state index in [1.165, 1.54) is 0 Å². The van der Waals surface area contributed by atoms with Crippen molar-refractivity contribution in [2.24, 2.45) is 0 Å². The molecule has 0 unspecified atom stereocenters. The zero-order chi connectivity index (χ0) is 15.7. The third-order valence-electron chi connectivity index (χ3n) is 3.88. The highest BCUT2D eigenvalue weighted by Gasteiger charge is 2.26. The Hall–Kier alpha value is -2.82. The first-order valence-electron chi connectivity index (χ1n) is 7.07. The molecule has 5 heteroatoms. The van der Waals surface area contributed by atoms with Crippen molar-refractivity contribution in [2.45, 2.75) is 6.92 Å². The van der Waals surface area contributed by atoms with Crippen LogP contribution in [0, 0.1) is 6.92 Å². The van der Waals surface area contributed by atoms with E-state index >= 15 is 0 Å². The Bertz CT molecular complexity index is 741. The molecule has 0 aliphatic carbocycles. The minimum absolute atomic E-state index is 0.188. The maximum absolute atomic E-state index is 11.8. The standard InChI is InChI=1S/C17H16N2O3/c1-11-14(19-10-9-18-17(19)22)8-7-13(15(11)16(20)21)12-5-3-2-4-6-12/h2-8H,9-10H2,1H3,(H,18,22)(H,20,21). The average molecular weight is 296 g/mol. The van der Waals surface area contributed by atoms with Gasteiger partial charge in [-0.2, -0.15) is 0 Å². The number of anilines is 1. The quantitative estimate of drug-likeness (QED) is 0.915. The maximum Gasteiger partial charge on any atom is 0.336 e. The largest absolute Gasteiger partial charge is 0.478 e. The van der Waals surface area contributed by atoms with E-state index < -0.39 is 5.97 Å².